The molecular weight excluding hydrogens is 446 g/mol. The molecular formula is C20H29NO12. The maximum Gasteiger partial charge on any atom is 0.303 e. The van der Waals surface area contributed by atoms with Crippen LogP contribution in [0.1, 0.15) is 34.6 Å². The van der Waals surface area contributed by atoms with E-state index >= 15 is 0 Å². The Balaban J connectivity index is 3.48. The molecule has 0 aromatic heterocycles. The Kier molecular flexibility index (Phi) is 11.3. The second kappa shape index (κ2) is 13.4. The van der Waals surface area contributed by atoms with Crippen molar-refractivity contribution in [2.75, 3.05) is 32.9 Å². The van der Waals surface area contributed by atoms with E-state index in [0.29, 0.717) is 0 Å². The number of amides is 1. The maximum absolute atomic E-state index is 13.2. The highest BCUT2D eigenvalue weighted by Crippen LogP contribution is 2.22. The molecule has 1 aliphatic heterocycles. The smallest absolute Gasteiger partial charge is 0.303 e. The van der Waals surface area contributed by atoms with Crippen molar-refractivity contribution in [1.29, 1.82) is 0 Å². The van der Waals surface area contributed by atoms with Gasteiger partial charge in [0.1, 0.15) is 6.61 Å². The number of ether oxygens (including phenoxy) is 6. The molecule has 0 spiro atoms. The van der Waals surface area contributed by atoms with Crippen LogP contribution in [0.25, 0.3) is 0 Å². The minimum Gasteiger partial charge on any atom is -0.462 e. The van der Waals surface area contributed by atoms with E-state index in [0.717, 1.165) is 34.6 Å². The monoisotopic (exact) mass is 475 g/mol. The molecule has 0 aromatic rings. The highest BCUT2D eigenvalue weighted by atomic mass is 16.6. The van der Waals surface area contributed by atoms with Gasteiger partial charge in [0.25, 0.3) is 5.91 Å². The van der Waals surface area contributed by atoms with Gasteiger partial charge in [-0.1, -0.05) is 0 Å². The van der Waals surface area contributed by atoms with E-state index in [-0.39, 0.29) is 26.3 Å². The van der Waals surface area contributed by atoms with Gasteiger partial charge in [-0.3, -0.25) is 28.8 Å². The fraction of sp³-hybridized carbons (Fsp3) is 0.700. The summed E-state index contributed by atoms with van der Waals surface area (Å²) in [5.41, 5.74) is 0. The van der Waals surface area contributed by atoms with Gasteiger partial charge < -0.3 is 33.3 Å². The van der Waals surface area contributed by atoms with Crippen molar-refractivity contribution in [1.82, 2.24) is 4.90 Å². The molecule has 0 unspecified atom stereocenters. The first-order valence-corrected chi connectivity index (χ1v) is 10.1. The SMILES string of the molecule is CC(=O)OC[C@@H](OC(C)=O)[C@@H](OC(C)=O)[C@H](OC(C)=O)[C@@H](OC(C)=O)C(=O)N1CCOCC1. The first-order valence-electron chi connectivity index (χ1n) is 10.1. The first-order chi connectivity index (χ1) is 15.4. The molecule has 0 aliphatic carbocycles. The number of hydrogen-bond donors (Lipinski definition) is 0. The highest BCUT2D eigenvalue weighted by molar-refractivity contribution is 5.85. The van der Waals surface area contributed by atoms with Crippen molar-refractivity contribution in [3.63, 3.8) is 0 Å². The Bertz CT molecular complexity index is 745. The van der Waals surface area contributed by atoms with Gasteiger partial charge >= 0.3 is 29.8 Å². The molecule has 1 saturated heterocycles. The van der Waals surface area contributed by atoms with Crippen LogP contribution in [-0.4, -0.2) is 98.0 Å². The van der Waals surface area contributed by atoms with Gasteiger partial charge in [0, 0.05) is 47.7 Å². The molecule has 0 N–H and O–H groups in total. The summed E-state index contributed by atoms with van der Waals surface area (Å²) in [6.07, 6.45) is -6.64. The van der Waals surface area contributed by atoms with Gasteiger partial charge in [-0.15, -0.1) is 0 Å². The lowest BCUT2D eigenvalue weighted by Crippen LogP contribution is -2.58. The zero-order valence-electron chi connectivity index (χ0n) is 19.2. The average molecular weight is 475 g/mol. The summed E-state index contributed by atoms with van der Waals surface area (Å²) in [6, 6.07) is 0. The quantitative estimate of drug-likeness (QED) is 0.284. The Hall–Kier alpha value is -3.22. The van der Waals surface area contributed by atoms with Crippen LogP contribution in [0.4, 0.5) is 0 Å². The normalized spacial score (nSPS) is 16.9. The number of nitrogens with zero attached hydrogens (tertiary/aromatic N) is 1. The molecule has 186 valence electrons. The van der Waals surface area contributed by atoms with E-state index in [4.69, 9.17) is 28.4 Å². The summed E-state index contributed by atoms with van der Waals surface area (Å²) in [5, 5.41) is 0. The number of morpholine rings is 1. The molecule has 13 nitrogen and oxygen atoms in total. The van der Waals surface area contributed by atoms with E-state index in [1.54, 1.807) is 0 Å². The number of carbonyl (C=O) groups is 6. The lowest BCUT2D eigenvalue weighted by atomic mass is 10.0. The Morgan fingerprint density at radius 2 is 1.18 bits per heavy atom. The summed E-state index contributed by atoms with van der Waals surface area (Å²) in [4.78, 5) is 73.1. The largest absolute Gasteiger partial charge is 0.462 e. The van der Waals surface area contributed by atoms with E-state index in [1.807, 2.05) is 0 Å². The van der Waals surface area contributed by atoms with Crippen molar-refractivity contribution >= 4 is 35.8 Å². The molecule has 1 aliphatic rings. The molecule has 1 rings (SSSR count). The summed E-state index contributed by atoms with van der Waals surface area (Å²) < 4.78 is 30.9. The Labute approximate surface area is 190 Å². The van der Waals surface area contributed by atoms with Gasteiger partial charge in [-0.2, -0.15) is 0 Å². The van der Waals surface area contributed by atoms with Gasteiger partial charge in [0.05, 0.1) is 13.2 Å². The maximum atomic E-state index is 13.2. The van der Waals surface area contributed by atoms with Crippen molar-refractivity contribution in [3.8, 4) is 0 Å². The third-order valence-electron chi connectivity index (χ3n) is 4.22. The van der Waals surface area contributed by atoms with Crippen LogP contribution in [0.5, 0.6) is 0 Å². The van der Waals surface area contributed by atoms with Crippen molar-refractivity contribution in [3.05, 3.63) is 0 Å². The second-order valence-corrected chi connectivity index (χ2v) is 7.07. The summed E-state index contributed by atoms with van der Waals surface area (Å²) in [7, 11) is 0. The van der Waals surface area contributed by atoms with Gasteiger partial charge in [-0.25, -0.2) is 0 Å². The second-order valence-electron chi connectivity index (χ2n) is 7.07. The molecule has 1 heterocycles. The molecule has 0 radical (unpaired) electrons. The van der Waals surface area contributed by atoms with Gasteiger partial charge in [-0.05, 0) is 0 Å². The molecule has 0 bridgehead atoms. The Morgan fingerprint density at radius 1 is 0.697 bits per heavy atom. The summed E-state index contributed by atoms with van der Waals surface area (Å²) in [5.74, 6) is -5.00. The van der Waals surface area contributed by atoms with Gasteiger partial charge in [0.15, 0.2) is 18.3 Å². The Morgan fingerprint density at radius 3 is 1.64 bits per heavy atom. The van der Waals surface area contributed by atoms with Crippen LogP contribution in [0.15, 0.2) is 0 Å². The molecule has 33 heavy (non-hydrogen) atoms. The molecule has 1 amide bonds. The summed E-state index contributed by atoms with van der Waals surface area (Å²) >= 11 is 0. The molecule has 0 saturated carbocycles. The van der Waals surface area contributed by atoms with E-state index < -0.39 is 66.8 Å². The van der Waals surface area contributed by atoms with Crippen LogP contribution in [-0.2, 0) is 57.2 Å². The number of carbonyl (C=O) groups excluding carboxylic acids is 6. The van der Waals surface area contributed by atoms with Crippen LogP contribution in [0, 0.1) is 0 Å². The van der Waals surface area contributed by atoms with Crippen molar-refractivity contribution < 1.29 is 57.2 Å². The van der Waals surface area contributed by atoms with E-state index in [1.165, 1.54) is 4.90 Å². The number of rotatable bonds is 10. The lowest BCUT2D eigenvalue weighted by molar-refractivity contribution is -0.205. The molecule has 13 heteroatoms. The first kappa shape index (κ1) is 27.8. The van der Waals surface area contributed by atoms with Crippen molar-refractivity contribution in [2.45, 2.75) is 59.0 Å². The average Bonchev–Trinajstić information content (AvgIpc) is 2.71. The minimum atomic E-state index is -1.76. The highest BCUT2D eigenvalue weighted by Gasteiger charge is 2.48. The number of esters is 5. The predicted molar refractivity (Wildman–Crippen MR) is 106 cm³/mol. The zero-order chi connectivity index (χ0) is 25.1. The number of hydrogen-bond acceptors (Lipinski definition) is 12. The van der Waals surface area contributed by atoms with Crippen LogP contribution in [0.2, 0.25) is 0 Å². The summed E-state index contributed by atoms with van der Waals surface area (Å²) in [6.45, 7) is 5.43. The fourth-order valence-corrected chi connectivity index (χ4v) is 3.05. The molecule has 1 fully saturated rings. The van der Waals surface area contributed by atoms with Crippen molar-refractivity contribution in [2.24, 2.45) is 0 Å². The fourth-order valence-electron chi connectivity index (χ4n) is 3.05. The molecule has 0 aromatic carbocycles. The third-order valence-corrected chi connectivity index (χ3v) is 4.22. The van der Waals surface area contributed by atoms with E-state index in [9.17, 15) is 28.8 Å². The minimum absolute atomic E-state index is 0.169. The molecule has 4 atom stereocenters. The van der Waals surface area contributed by atoms with Crippen LogP contribution >= 0.6 is 0 Å². The topological polar surface area (TPSA) is 161 Å². The van der Waals surface area contributed by atoms with Gasteiger partial charge in [0.2, 0.25) is 6.10 Å². The lowest BCUT2D eigenvalue weighted by Gasteiger charge is -2.37. The van der Waals surface area contributed by atoms with Crippen LogP contribution < -0.4 is 0 Å². The zero-order valence-corrected chi connectivity index (χ0v) is 19.2. The van der Waals surface area contributed by atoms with E-state index in [2.05, 4.69) is 0 Å². The van der Waals surface area contributed by atoms with Crippen LogP contribution in [0.3, 0.4) is 0 Å². The predicted octanol–water partition coefficient (Wildman–Crippen LogP) is -0.865. The standard InChI is InChI=1S/C20H29NO12/c1-11(22)29-10-16(30-12(2)23)17(31-13(3)24)18(32-14(4)25)19(33-15(5)26)20(27)21-6-8-28-9-7-21/h16-19H,6-10H2,1-5H3/t16-,17-,18+,19-/m1/s1. The third kappa shape index (κ3) is 9.85.